The molecule has 0 bridgehead atoms. The summed E-state index contributed by atoms with van der Waals surface area (Å²) >= 11 is 0. The summed E-state index contributed by atoms with van der Waals surface area (Å²) in [6, 6.07) is 18.5. The van der Waals surface area contributed by atoms with Crippen LogP contribution in [0.15, 0.2) is 72.8 Å². The quantitative estimate of drug-likeness (QED) is 0.354. The van der Waals surface area contributed by atoms with Gasteiger partial charge in [-0.25, -0.2) is 12.8 Å². The van der Waals surface area contributed by atoms with Crippen molar-refractivity contribution in [3.63, 3.8) is 0 Å². The van der Waals surface area contributed by atoms with Crippen LogP contribution in [0.3, 0.4) is 0 Å². The summed E-state index contributed by atoms with van der Waals surface area (Å²) in [7, 11) is -3.93. The summed E-state index contributed by atoms with van der Waals surface area (Å²) in [6.45, 7) is 6.41. The van der Waals surface area contributed by atoms with E-state index in [0.29, 0.717) is 17.1 Å². The third-order valence-corrected chi connectivity index (χ3v) is 8.40. The molecule has 3 aromatic rings. The van der Waals surface area contributed by atoms with E-state index in [1.807, 2.05) is 51.1 Å². The zero-order chi connectivity index (χ0) is 30.5. The van der Waals surface area contributed by atoms with E-state index in [9.17, 15) is 22.4 Å². The molecule has 0 saturated carbocycles. The lowest BCUT2D eigenvalue weighted by atomic mass is 10.0. The Bertz CT molecular complexity index is 1510. The van der Waals surface area contributed by atoms with Crippen molar-refractivity contribution in [3.05, 3.63) is 89.7 Å². The SMILES string of the molecule is CCS(=O)(=O)N(CC(=O)N(Cc1ccc(F)cc1)[C@@H](Cc1ccccc1)C(=O)NC(C)(C)C)c1ccc2c(c1)OCO2. The van der Waals surface area contributed by atoms with Gasteiger partial charge < -0.3 is 19.7 Å². The highest BCUT2D eigenvalue weighted by molar-refractivity contribution is 7.92. The van der Waals surface area contributed by atoms with Crippen LogP contribution >= 0.6 is 0 Å². The second-order valence-corrected chi connectivity index (χ2v) is 13.2. The number of sulfonamides is 1. The molecule has 1 atom stereocenters. The van der Waals surface area contributed by atoms with Crippen LogP contribution in [0, 0.1) is 5.82 Å². The average Bonchev–Trinajstić information content (AvgIpc) is 3.42. The maximum Gasteiger partial charge on any atom is 0.244 e. The number of nitrogens with zero attached hydrogens (tertiary/aromatic N) is 2. The second kappa shape index (κ2) is 12.8. The fourth-order valence-electron chi connectivity index (χ4n) is 4.55. The fourth-order valence-corrected chi connectivity index (χ4v) is 5.61. The number of carbonyl (C=O) groups excluding carboxylic acids is 2. The Morgan fingerprint density at radius 2 is 1.62 bits per heavy atom. The van der Waals surface area contributed by atoms with Gasteiger partial charge in [-0.3, -0.25) is 13.9 Å². The van der Waals surface area contributed by atoms with E-state index in [-0.39, 0.29) is 31.2 Å². The lowest BCUT2D eigenvalue weighted by molar-refractivity contribution is -0.140. The van der Waals surface area contributed by atoms with Crippen LogP contribution in [0.5, 0.6) is 11.5 Å². The van der Waals surface area contributed by atoms with E-state index in [2.05, 4.69) is 5.32 Å². The summed E-state index contributed by atoms with van der Waals surface area (Å²) in [4.78, 5) is 29.3. The molecule has 0 radical (unpaired) electrons. The van der Waals surface area contributed by atoms with E-state index in [1.165, 1.54) is 42.2 Å². The Hall–Kier alpha value is -4.12. The molecule has 4 rings (SSSR count). The molecule has 9 nitrogen and oxygen atoms in total. The van der Waals surface area contributed by atoms with Crippen LogP contribution in [0.1, 0.15) is 38.8 Å². The number of ether oxygens (including phenoxy) is 2. The Morgan fingerprint density at radius 1 is 0.952 bits per heavy atom. The molecule has 0 saturated heterocycles. The van der Waals surface area contributed by atoms with Crippen molar-refractivity contribution in [2.75, 3.05) is 23.4 Å². The Balaban J connectivity index is 1.75. The molecule has 0 aliphatic carbocycles. The Morgan fingerprint density at radius 3 is 2.26 bits per heavy atom. The van der Waals surface area contributed by atoms with Crippen LogP contribution < -0.4 is 19.1 Å². The van der Waals surface area contributed by atoms with Gasteiger partial charge >= 0.3 is 0 Å². The molecular formula is C31H36FN3O6S. The van der Waals surface area contributed by atoms with Crippen molar-refractivity contribution < 1.29 is 31.9 Å². The number of amides is 2. The molecule has 1 N–H and O–H groups in total. The third kappa shape index (κ3) is 7.79. The largest absolute Gasteiger partial charge is 0.454 e. The van der Waals surface area contributed by atoms with Gasteiger partial charge in [-0.15, -0.1) is 0 Å². The number of nitrogens with one attached hydrogen (secondary N) is 1. The first-order valence-electron chi connectivity index (χ1n) is 13.7. The first-order chi connectivity index (χ1) is 19.9. The third-order valence-electron chi connectivity index (χ3n) is 6.66. The second-order valence-electron chi connectivity index (χ2n) is 11.0. The van der Waals surface area contributed by atoms with E-state index in [0.717, 1.165) is 9.87 Å². The number of halogens is 1. The smallest absolute Gasteiger partial charge is 0.244 e. The Labute approximate surface area is 246 Å². The molecule has 3 aromatic carbocycles. The highest BCUT2D eigenvalue weighted by Crippen LogP contribution is 2.36. The van der Waals surface area contributed by atoms with Crippen molar-refractivity contribution >= 4 is 27.5 Å². The topological polar surface area (TPSA) is 105 Å². The molecule has 2 amide bonds. The number of benzene rings is 3. The van der Waals surface area contributed by atoms with E-state index < -0.39 is 45.8 Å². The lowest BCUT2D eigenvalue weighted by Gasteiger charge is -2.35. The number of fused-ring (bicyclic) bond motifs is 1. The fraction of sp³-hybridized carbons (Fsp3) is 0.355. The predicted molar refractivity (Wildman–Crippen MR) is 158 cm³/mol. The van der Waals surface area contributed by atoms with Gasteiger partial charge in [0.25, 0.3) is 0 Å². The highest BCUT2D eigenvalue weighted by Gasteiger charge is 2.35. The molecule has 0 aromatic heterocycles. The van der Waals surface area contributed by atoms with Gasteiger partial charge in [0.2, 0.25) is 28.6 Å². The monoisotopic (exact) mass is 597 g/mol. The molecule has 224 valence electrons. The van der Waals surface area contributed by atoms with Crippen molar-refractivity contribution in [1.29, 1.82) is 0 Å². The molecule has 0 unspecified atom stereocenters. The first-order valence-corrected chi connectivity index (χ1v) is 15.3. The first kappa shape index (κ1) is 30.8. The zero-order valence-electron chi connectivity index (χ0n) is 24.2. The standard InChI is InChI=1S/C31H36FN3O6S/c1-5-42(38,39)35(25-15-16-27-28(18-25)41-21-40-27)20-29(36)34(19-23-11-13-24(32)14-12-23)26(30(37)33-31(2,3)4)17-22-9-7-6-8-10-22/h6-16,18,26H,5,17,19-21H2,1-4H3,(H,33,37)/t26-/m0/s1. The van der Waals surface area contributed by atoms with Gasteiger partial charge in [0, 0.05) is 24.6 Å². The highest BCUT2D eigenvalue weighted by atomic mass is 32.2. The predicted octanol–water partition coefficient (Wildman–Crippen LogP) is 4.27. The minimum Gasteiger partial charge on any atom is -0.454 e. The number of hydrogen-bond donors (Lipinski definition) is 1. The van der Waals surface area contributed by atoms with Crippen LogP contribution in [-0.2, 0) is 32.6 Å². The lowest BCUT2D eigenvalue weighted by Crippen LogP contribution is -2.56. The summed E-state index contributed by atoms with van der Waals surface area (Å²) in [5, 5.41) is 2.97. The molecule has 0 spiro atoms. The zero-order valence-corrected chi connectivity index (χ0v) is 25.0. The maximum atomic E-state index is 14.2. The summed E-state index contributed by atoms with van der Waals surface area (Å²) in [5.74, 6) is -0.853. The van der Waals surface area contributed by atoms with Gasteiger partial charge in [-0.2, -0.15) is 0 Å². The Kier molecular flexibility index (Phi) is 9.40. The van der Waals surface area contributed by atoms with Gasteiger partial charge in [0.15, 0.2) is 11.5 Å². The normalized spacial score (nSPS) is 13.4. The minimum absolute atomic E-state index is 0.00769. The van der Waals surface area contributed by atoms with Crippen LogP contribution in [0.2, 0.25) is 0 Å². The van der Waals surface area contributed by atoms with E-state index in [4.69, 9.17) is 9.47 Å². The molecule has 1 aliphatic rings. The van der Waals surface area contributed by atoms with Gasteiger partial charge in [-0.1, -0.05) is 42.5 Å². The van der Waals surface area contributed by atoms with Gasteiger partial charge in [0.1, 0.15) is 18.4 Å². The summed E-state index contributed by atoms with van der Waals surface area (Å²) in [6.07, 6.45) is 0.181. The number of hydrogen-bond acceptors (Lipinski definition) is 6. The van der Waals surface area contributed by atoms with Crippen molar-refractivity contribution in [1.82, 2.24) is 10.2 Å². The summed E-state index contributed by atoms with van der Waals surface area (Å²) in [5.41, 5.74) is 1.03. The van der Waals surface area contributed by atoms with Crippen LogP contribution in [0.4, 0.5) is 10.1 Å². The molecule has 1 heterocycles. The van der Waals surface area contributed by atoms with Crippen molar-refractivity contribution in [3.8, 4) is 11.5 Å². The maximum absolute atomic E-state index is 14.2. The average molecular weight is 598 g/mol. The molecule has 42 heavy (non-hydrogen) atoms. The van der Waals surface area contributed by atoms with Crippen molar-refractivity contribution in [2.45, 2.75) is 52.2 Å². The molecule has 1 aliphatic heterocycles. The number of carbonyl (C=O) groups is 2. The molecule has 11 heteroatoms. The van der Waals surface area contributed by atoms with E-state index >= 15 is 0 Å². The van der Waals surface area contributed by atoms with Crippen LogP contribution in [-0.4, -0.2) is 55.8 Å². The number of rotatable bonds is 11. The van der Waals surface area contributed by atoms with Gasteiger partial charge in [0.05, 0.1) is 11.4 Å². The summed E-state index contributed by atoms with van der Waals surface area (Å²) < 4.78 is 52.1. The van der Waals surface area contributed by atoms with Crippen molar-refractivity contribution in [2.24, 2.45) is 0 Å². The molecular weight excluding hydrogens is 561 g/mol. The van der Waals surface area contributed by atoms with Crippen LogP contribution in [0.25, 0.3) is 0 Å². The van der Waals surface area contributed by atoms with Gasteiger partial charge in [-0.05, 0) is 63.1 Å². The minimum atomic E-state index is -3.93. The number of anilines is 1. The van der Waals surface area contributed by atoms with E-state index in [1.54, 1.807) is 12.1 Å². The molecule has 0 fully saturated rings.